The molecular weight excluding hydrogens is 337 g/mol. The minimum absolute atomic E-state index is 0.0350. The molecule has 2 aromatic rings. The number of amides is 2. The molecule has 0 bridgehead atoms. The van der Waals surface area contributed by atoms with Gasteiger partial charge in [0.15, 0.2) is 6.10 Å². The number of anilines is 1. The smallest absolute Gasteiger partial charge is 0.267 e. The molecule has 2 amide bonds. The Hall–Kier alpha value is -3.40. The van der Waals surface area contributed by atoms with Crippen molar-refractivity contribution in [2.24, 2.45) is 5.73 Å². The lowest BCUT2D eigenvalue weighted by molar-refractivity contribution is -0.124. The molecule has 1 atom stereocenters. The van der Waals surface area contributed by atoms with Crippen LogP contribution in [0.1, 0.15) is 18.9 Å². The maximum absolute atomic E-state index is 13.1. The fraction of sp³-hybridized carbons (Fsp3) is 0.211. The molecule has 7 heteroatoms. The largest absolute Gasteiger partial charge is 0.481 e. The highest BCUT2D eigenvalue weighted by Crippen LogP contribution is 2.19. The van der Waals surface area contributed by atoms with Crippen LogP contribution in [0.15, 0.2) is 48.5 Å². The van der Waals surface area contributed by atoms with E-state index in [9.17, 15) is 14.0 Å². The molecule has 0 aliphatic heterocycles. The van der Waals surface area contributed by atoms with Crippen LogP contribution in [0, 0.1) is 17.1 Å². The molecule has 134 valence electrons. The molecule has 0 radical (unpaired) electrons. The van der Waals surface area contributed by atoms with Gasteiger partial charge in [0, 0.05) is 18.7 Å². The fourth-order valence-electron chi connectivity index (χ4n) is 2.29. The van der Waals surface area contributed by atoms with Gasteiger partial charge in [-0.25, -0.2) is 4.39 Å². The number of hydrogen-bond donors (Lipinski definition) is 1. The van der Waals surface area contributed by atoms with Crippen LogP contribution in [0.3, 0.4) is 0 Å². The topological polar surface area (TPSA) is 96.4 Å². The Morgan fingerprint density at radius 2 is 1.81 bits per heavy atom. The number of nitrogens with zero attached hydrogens (tertiary/aromatic N) is 2. The van der Waals surface area contributed by atoms with Crippen LogP contribution in [0.5, 0.6) is 5.75 Å². The van der Waals surface area contributed by atoms with E-state index in [0.717, 1.165) is 0 Å². The summed E-state index contributed by atoms with van der Waals surface area (Å²) in [4.78, 5) is 25.2. The third-order valence-corrected chi connectivity index (χ3v) is 3.63. The number of primary amides is 1. The Morgan fingerprint density at radius 3 is 2.35 bits per heavy atom. The molecule has 2 N–H and O–H groups in total. The quantitative estimate of drug-likeness (QED) is 0.824. The second kappa shape index (κ2) is 8.62. The van der Waals surface area contributed by atoms with Crippen LogP contribution in [0.2, 0.25) is 0 Å². The molecule has 0 saturated carbocycles. The summed E-state index contributed by atoms with van der Waals surface area (Å²) in [5.41, 5.74) is 6.09. The van der Waals surface area contributed by atoms with E-state index in [0.29, 0.717) is 17.0 Å². The Labute approximate surface area is 150 Å². The molecule has 2 rings (SSSR count). The number of ether oxygens (including phenoxy) is 1. The molecule has 1 unspecified atom stereocenters. The van der Waals surface area contributed by atoms with E-state index < -0.39 is 23.7 Å². The van der Waals surface area contributed by atoms with Crippen molar-refractivity contribution in [1.29, 1.82) is 5.26 Å². The standard InChI is InChI=1S/C19H18FN3O3/c1-13(26-17-8-2-14(12-21)3-9-17)19(25)23(11-10-18(22)24)16-6-4-15(20)5-7-16/h2-9,13H,10-11H2,1H3,(H2,22,24). The predicted molar refractivity (Wildman–Crippen MR) is 93.8 cm³/mol. The number of hydrogen-bond acceptors (Lipinski definition) is 4. The summed E-state index contributed by atoms with van der Waals surface area (Å²) in [7, 11) is 0. The van der Waals surface area contributed by atoms with Gasteiger partial charge in [-0.1, -0.05) is 0 Å². The molecule has 0 aliphatic carbocycles. The molecule has 6 nitrogen and oxygen atoms in total. The van der Waals surface area contributed by atoms with Gasteiger partial charge < -0.3 is 15.4 Å². The number of benzene rings is 2. The van der Waals surface area contributed by atoms with Crippen molar-refractivity contribution in [2.75, 3.05) is 11.4 Å². The van der Waals surface area contributed by atoms with Crippen molar-refractivity contribution in [1.82, 2.24) is 0 Å². The summed E-state index contributed by atoms with van der Waals surface area (Å²) >= 11 is 0. The van der Waals surface area contributed by atoms with E-state index >= 15 is 0 Å². The first kappa shape index (κ1) is 18.9. The number of halogens is 1. The van der Waals surface area contributed by atoms with Crippen molar-refractivity contribution in [3.8, 4) is 11.8 Å². The van der Waals surface area contributed by atoms with Gasteiger partial charge in [-0.2, -0.15) is 5.26 Å². The number of carbonyl (C=O) groups excluding carboxylic acids is 2. The maximum atomic E-state index is 13.1. The molecule has 0 heterocycles. The van der Waals surface area contributed by atoms with E-state index in [1.165, 1.54) is 29.2 Å². The van der Waals surface area contributed by atoms with Crippen LogP contribution in [-0.2, 0) is 9.59 Å². The molecule has 0 aromatic heterocycles. The fourth-order valence-corrected chi connectivity index (χ4v) is 2.29. The lowest BCUT2D eigenvalue weighted by Crippen LogP contribution is -2.42. The normalized spacial score (nSPS) is 11.3. The van der Waals surface area contributed by atoms with Crippen LogP contribution in [-0.4, -0.2) is 24.5 Å². The first-order valence-electron chi connectivity index (χ1n) is 7.93. The zero-order valence-electron chi connectivity index (χ0n) is 14.2. The van der Waals surface area contributed by atoms with Crippen LogP contribution >= 0.6 is 0 Å². The van der Waals surface area contributed by atoms with Gasteiger partial charge in [0.2, 0.25) is 5.91 Å². The Bertz CT molecular complexity index is 813. The van der Waals surface area contributed by atoms with Gasteiger partial charge in [0.05, 0.1) is 11.6 Å². The molecule has 0 aliphatic rings. The number of rotatable bonds is 7. The number of carbonyl (C=O) groups is 2. The summed E-state index contributed by atoms with van der Waals surface area (Å²) in [6.45, 7) is 1.63. The van der Waals surface area contributed by atoms with E-state index in [-0.39, 0.29) is 13.0 Å². The zero-order chi connectivity index (χ0) is 19.1. The van der Waals surface area contributed by atoms with Crippen LogP contribution in [0.25, 0.3) is 0 Å². The number of nitriles is 1. The summed E-state index contributed by atoms with van der Waals surface area (Å²) in [6.07, 6.45) is -0.895. The van der Waals surface area contributed by atoms with Gasteiger partial charge in [0.1, 0.15) is 11.6 Å². The molecule has 0 spiro atoms. The molecule has 2 aromatic carbocycles. The first-order chi connectivity index (χ1) is 12.4. The van der Waals surface area contributed by atoms with Gasteiger partial charge in [-0.15, -0.1) is 0 Å². The van der Waals surface area contributed by atoms with Crippen molar-refractivity contribution in [2.45, 2.75) is 19.4 Å². The van der Waals surface area contributed by atoms with Crippen molar-refractivity contribution in [3.05, 3.63) is 59.9 Å². The minimum atomic E-state index is -0.860. The Morgan fingerprint density at radius 1 is 1.19 bits per heavy atom. The average Bonchev–Trinajstić information content (AvgIpc) is 2.63. The highest BCUT2D eigenvalue weighted by molar-refractivity contribution is 5.97. The Balaban J connectivity index is 2.16. The second-order valence-corrected chi connectivity index (χ2v) is 5.58. The van der Waals surface area contributed by atoms with Crippen molar-refractivity contribution in [3.63, 3.8) is 0 Å². The monoisotopic (exact) mass is 355 g/mol. The van der Waals surface area contributed by atoms with Gasteiger partial charge in [-0.05, 0) is 55.5 Å². The SMILES string of the molecule is CC(Oc1ccc(C#N)cc1)C(=O)N(CCC(N)=O)c1ccc(F)cc1. The van der Waals surface area contributed by atoms with Crippen LogP contribution in [0.4, 0.5) is 10.1 Å². The summed E-state index contributed by atoms with van der Waals surface area (Å²) in [6, 6.07) is 13.7. The summed E-state index contributed by atoms with van der Waals surface area (Å²) in [5.74, 6) is -0.954. The minimum Gasteiger partial charge on any atom is -0.481 e. The number of nitrogens with two attached hydrogens (primary N) is 1. The zero-order valence-corrected chi connectivity index (χ0v) is 14.2. The molecule has 0 saturated heterocycles. The van der Waals surface area contributed by atoms with E-state index in [2.05, 4.69) is 0 Å². The lowest BCUT2D eigenvalue weighted by Gasteiger charge is -2.26. The van der Waals surface area contributed by atoms with Gasteiger partial charge in [-0.3, -0.25) is 9.59 Å². The second-order valence-electron chi connectivity index (χ2n) is 5.58. The molecule has 0 fully saturated rings. The molecular formula is C19H18FN3O3. The van der Waals surface area contributed by atoms with Crippen molar-refractivity contribution < 1.29 is 18.7 Å². The summed E-state index contributed by atoms with van der Waals surface area (Å²) < 4.78 is 18.8. The third kappa shape index (κ3) is 5.05. The van der Waals surface area contributed by atoms with Gasteiger partial charge >= 0.3 is 0 Å². The third-order valence-electron chi connectivity index (χ3n) is 3.63. The predicted octanol–water partition coefficient (Wildman–Crippen LogP) is 2.37. The van der Waals surface area contributed by atoms with E-state index in [1.54, 1.807) is 31.2 Å². The maximum Gasteiger partial charge on any atom is 0.267 e. The lowest BCUT2D eigenvalue weighted by atomic mass is 10.2. The molecule has 26 heavy (non-hydrogen) atoms. The first-order valence-corrected chi connectivity index (χ1v) is 7.93. The van der Waals surface area contributed by atoms with E-state index in [1.807, 2.05) is 6.07 Å². The Kier molecular flexibility index (Phi) is 6.28. The highest BCUT2D eigenvalue weighted by atomic mass is 19.1. The summed E-state index contributed by atoms with van der Waals surface area (Å²) in [5, 5.41) is 8.80. The van der Waals surface area contributed by atoms with Crippen LogP contribution < -0.4 is 15.4 Å². The average molecular weight is 355 g/mol. The van der Waals surface area contributed by atoms with E-state index in [4.69, 9.17) is 15.7 Å². The highest BCUT2D eigenvalue weighted by Gasteiger charge is 2.24. The van der Waals surface area contributed by atoms with Gasteiger partial charge in [0.25, 0.3) is 5.91 Å². The van der Waals surface area contributed by atoms with Crippen molar-refractivity contribution >= 4 is 17.5 Å².